The predicted molar refractivity (Wildman–Crippen MR) is 112 cm³/mol. The van der Waals surface area contributed by atoms with Crippen LogP contribution in [0.4, 0.5) is 5.69 Å². The van der Waals surface area contributed by atoms with Gasteiger partial charge in [0, 0.05) is 10.5 Å². The number of carbonyl (C=O) groups excluding carboxylic acids is 1. The number of rotatable bonds is 4. The summed E-state index contributed by atoms with van der Waals surface area (Å²) >= 11 is 1.57. The molecule has 1 heterocycles. The van der Waals surface area contributed by atoms with Crippen LogP contribution in [-0.4, -0.2) is 17.1 Å². The topological polar surface area (TPSA) is 72.2 Å². The SMILES string of the molecule is CSc1cccc(C(=O)Nc2ccccc2-c2nc3ccccc3c(=O)o2)c1. The van der Waals surface area contributed by atoms with Crippen molar-refractivity contribution in [2.24, 2.45) is 0 Å². The first-order valence-corrected chi connectivity index (χ1v) is 9.83. The first-order valence-electron chi connectivity index (χ1n) is 8.60. The summed E-state index contributed by atoms with van der Waals surface area (Å²) < 4.78 is 5.42. The third-order valence-corrected chi connectivity index (χ3v) is 5.00. The molecule has 0 aliphatic rings. The quantitative estimate of drug-likeness (QED) is 0.507. The number of hydrogen-bond donors (Lipinski definition) is 1. The minimum atomic E-state index is -0.464. The van der Waals surface area contributed by atoms with E-state index in [-0.39, 0.29) is 11.8 Å². The second kappa shape index (κ2) is 7.70. The van der Waals surface area contributed by atoms with Gasteiger partial charge in [0.15, 0.2) is 0 Å². The molecule has 0 spiro atoms. The third kappa shape index (κ3) is 3.54. The van der Waals surface area contributed by atoms with E-state index in [2.05, 4.69) is 10.3 Å². The van der Waals surface area contributed by atoms with Gasteiger partial charge < -0.3 is 9.73 Å². The molecule has 138 valence electrons. The van der Waals surface area contributed by atoms with Crippen LogP contribution in [0.25, 0.3) is 22.4 Å². The van der Waals surface area contributed by atoms with Crippen molar-refractivity contribution in [3.8, 4) is 11.5 Å². The molecule has 0 fully saturated rings. The zero-order chi connectivity index (χ0) is 19.5. The fourth-order valence-corrected chi connectivity index (χ4v) is 3.33. The number of nitrogens with one attached hydrogen (secondary N) is 1. The summed E-state index contributed by atoms with van der Waals surface area (Å²) in [5, 5.41) is 3.31. The van der Waals surface area contributed by atoms with Crippen LogP contribution in [0.5, 0.6) is 0 Å². The number of aromatic nitrogens is 1. The van der Waals surface area contributed by atoms with Gasteiger partial charge in [-0.15, -0.1) is 11.8 Å². The lowest BCUT2D eigenvalue weighted by Crippen LogP contribution is -2.13. The van der Waals surface area contributed by atoms with Crippen LogP contribution in [0.3, 0.4) is 0 Å². The largest absolute Gasteiger partial charge is 0.403 e. The van der Waals surface area contributed by atoms with Gasteiger partial charge in [-0.05, 0) is 48.7 Å². The lowest BCUT2D eigenvalue weighted by Gasteiger charge is -2.10. The molecule has 0 aliphatic heterocycles. The Morgan fingerprint density at radius 2 is 1.79 bits per heavy atom. The lowest BCUT2D eigenvalue weighted by molar-refractivity contribution is 0.102. The highest BCUT2D eigenvalue weighted by atomic mass is 32.2. The Bertz CT molecular complexity index is 1230. The maximum Gasteiger partial charge on any atom is 0.347 e. The van der Waals surface area contributed by atoms with Gasteiger partial charge in [0.2, 0.25) is 5.89 Å². The number of thioether (sulfide) groups is 1. The van der Waals surface area contributed by atoms with Crippen molar-refractivity contribution >= 4 is 34.3 Å². The molecule has 1 amide bonds. The van der Waals surface area contributed by atoms with Crippen molar-refractivity contribution in [1.29, 1.82) is 0 Å². The van der Waals surface area contributed by atoms with Crippen molar-refractivity contribution < 1.29 is 9.21 Å². The van der Waals surface area contributed by atoms with Crippen LogP contribution in [-0.2, 0) is 0 Å². The summed E-state index contributed by atoms with van der Waals surface area (Å²) in [6, 6.07) is 21.5. The Morgan fingerprint density at radius 3 is 2.64 bits per heavy atom. The smallest absolute Gasteiger partial charge is 0.347 e. The van der Waals surface area contributed by atoms with E-state index in [1.807, 2.05) is 30.5 Å². The number of para-hydroxylation sites is 2. The van der Waals surface area contributed by atoms with Crippen LogP contribution < -0.4 is 10.9 Å². The average molecular weight is 388 g/mol. The van der Waals surface area contributed by atoms with Crippen LogP contribution >= 0.6 is 11.8 Å². The van der Waals surface area contributed by atoms with Gasteiger partial charge in [0.1, 0.15) is 0 Å². The van der Waals surface area contributed by atoms with E-state index in [0.717, 1.165) is 4.90 Å². The van der Waals surface area contributed by atoms with Crippen molar-refractivity contribution in [3.05, 3.63) is 88.8 Å². The molecular formula is C22H16N2O3S. The summed E-state index contributed by atoms with van der Waals surface area (Å²) in [6.45, 7) is 0. The Hall–Kier alpha value is -3.38. The molecule has 28 heavy (non-hydrogen) atoms. The zero-order valence-electron chi connectivity index (χ0n) is 15.0. The van der Waals surface area contributed by atoms with Gasteiger partial charge in [-0.2, -0.15) is 0 Å². The van der Waals surface area contributed by atoms with E-state index in [1.165, 1.54) is 0 Å². The molecule has 6 heteroatoms. The molecule has 0 unspecified atom stereocenters. The summed E-state index contributed by atoms with van der Waals surface area (Å²) in [5.41, 5.74) is 1.69. The Labute approximate surface area is 165 Å². The number of anilines is 1. The second-order valence-corrected chi connectivity index (χ2v) is 6.93. The van der Waals surface area contributed by atoms with Gasteiger partial charge in [-0.3, -0.25) is 4.79 Å². The molecule has 0 atom stereocenters. The number of fused-ring (bicyclic) bond motifs is 1. The number of hydrogen-bond acceptors (Lipinski definition) is 5. The molecular weight excluding hydrogens is 372 g/mol. The molecule has 0 bridgehead atoms. The Balaban J connectivity index is 1.73. The summed E-state index contributed by atoms with van der Waals surface area (Å²) in [6.07, 6.45) is 1.96. The van der Waals surface area contributed by atoms with E-state index < -0.39 is 5.63 Å². The maximum atomic E-state index is 12.7. The van der Waals surface area contributed by atoms with Gasteiger partial charge in [0.05, 0.1) is 22.2 Å². The van der Waals surface area contributed by atoms with Crippen LogP contribution in [0.15, 0.2) is 86.9 Å². The third-order valence-electron chi connectivity index (χ3n) is 4.27. The maximum absolute atomic E-state index is 12.7. The standard InChI is InChI=1S/C22H16N2O3S/c1-28-15-8-6-7-14(13-15)20(25)23-18-11-4-2-9-16(18)21-24-19-12-5-3-10-17(19)22(26)27-21/h2-13H,1H3,(H,23,25). The molecule has 0 radical (unpaired) electrons. The zero-order valence-corrected chi connectivity index (χ0v) is 15.8. The molecule has 0 saturated heterocycles. The second-order valence-electron chi connectivity index (χ2n) is 6.06. The number of benzene rings is 3. The van der Waals surface area contributed by atoms with Crippen LogP contribution in [0, 0.1) is 0 Å². The van der Waals surface area contributed by atoms with E-state index in [0.29, 0.717) is 27.7 Å². The predicted octanol–water partition coefficient (Wildman–Crippen LogP) is 4.83. The summed E-state index contributed by atoms with van der Waals surface area (Å²) in [7, 11) is 0. The Kier molecular flexibility index (Phi) is 4.95. The van der Waals surface area contributed by atoms with Crippen molar-refractivity contribution in [2.75, 3.05) is 11.6 Å². The molecule has 4 aromatic rings. The molecule has 3 aromatic carbocycles. The highest BCUT2D eigenvalue weighted by molar-refractivity contribution is 7.98. The highest BCUT2D eigenvalue weighted by Gasteiger charge is 2.15. The number of nitrogens with zero attached hydrogens (tertiary/aromatic N) is 1. The monoisotopic (exact) mass is 388 g/mol. The van der Waals surface area contributed by atoms with Gasteiger partial charge in [-0.25, -0.2) is 9.78 Å². The molecule has 0 aliphatic carbocycles. The molecule has 5 nitrogen and oxygen atoms in total. The molecule has 1 aromatic heterocycles. The minimum Gasteiger partial charge on any atom is -0.403 e. The minimum absolute atomic E-state index is 0.164. The summed E-state index contributed by atoms with van der Waals surface area (Å²) in [5.74, 6) is -0.0797. The first kappa shape index (κ1) is 18.0. The van der Waals surface area contributed by atoms with Gasteiger partial charge in [0.25, 0.3) is 5.91 Å². The summed E-state index contributed by atoms with van der Waals surface area (Å²) in [4.78, 5) is 30.5. The Morgan fingerprint density at radius 1 is 1.00 bits per heavy atom. The van der Waals surface area contributed by atoms with E-state index in [4.69, 9.17) is 4.42 Å². The fraction of sp³-hybridized carbons (Fsp3) is 0.0455. The molecule has 0 saturated carbocycles. The first-order chi connectivity index (χ1) is 13.7. The van der Waals surface area contributed by atoms with Crippen LogP contribution in [0.2, 0.25) is 0 Å². The van der Waals surface area contributed by atoms with Gasteiger partial charge in [-0.1, -0.05) is 30.3 Å². The van der Waals surface area contributed by atoms with Crippen LogP contribution in [0.1, 0.15) is 10.4 Å². The fourth-order valence-electron chi connectivity index (χ4n) is 2.87. The highest BCUT2D eigenvalue weighted by Crippen LogP contribution is 2.27. The number of carbonyl (C=O) groups is 1. The van der Waals surface area contributed by atoms with Gasteiger partial charge >= 0.3 is 5.63 Å². The van der Waals surface area contributed by atoms with Crippen molar-refractivity contribution in [3.63, 3.8) is 0 Å². The lowest BCUT2D eigenvalue weighted by atomic mass is 10.1. The van der Waals surface area contributed by atoms with E-state index in [1.54, 1.807) is 60.3 Å². The van der Waals surface area contributed by atoms with E-state index >= 15 is 0 Å². The number of amides is 1. The normalized spacial score (nSPS) is 10.8. The molecule has 4 rings (SSSR count). The van der Waals surface area contributed by atoms with Crippen molar-refractivity contribution in [2.45, 2.75) is 4.90 Å². The van der Waals surface area contributed by atoms with E-state index in [9.17, 15) is 9.59 Å². The molecule has 1 N–H and O–H groups in total. The van der Waals surface area contributed by atoms with Crippen molar-refractivity contribution in [1.82, 2.24) is 4.98 Å². The average Bonchev–Trinajstić information content (AvgIpc) is 2.74.